The van der Waals surface area contributed by atoms with Gasteiger partial charge < -0.3 is 0 Å². The van der Waals surface area contributed by atoms with Crippen molar-refractivity contribution in [1.29, 1.82) is 0 Å². The van der Waals surface area contributed by atoms with Gasteiger partial charge in [-0.3, -0.25) is 20.2 Å². The molecule has 2 heterocycles. The molecule has 23 heavy (non-hydrogen) atoms. The fourth-order valence-corrected chi connectivity index (χ4v) is 2.11. The minimum atomic E-state index is -4.66. The molecule has 0 unspecified atom stereocenters. The molecule has 0 aliphatic rings. The van der Waals surface area contributed by atoms with Crippen LogP contribution in [-0.4, -0.2) is 26.1 Å². The number of aromatic amines is 1. The van der Waals surface area contributed by atoms with E-state index in [4.69, 9.17) is 0 Å². The zero-order valence-electron chi connectivity index (χ0n) is 11.8. The summed E-state index contributed by atoms with van der Waals surface area (Å²) in [4.78, 5) is 19.8. The van der Waals surface area contributed by atoms with E-state index in [0.717, 1.165) is 0 Å². The molecule has 6 nitrogen and oxygen atoms in total. The SMILES string of the molecule is Cc1cc(C(=O)Nc2n[nH]c(C(F)(F)F)n2)c2ccccc2n1. The Bertz CT molecular complexity index is 887. The molecule has 0 aliphatic carbocycles. The highest BCUT2D eigenvalue weighted by Crippen LogP contribution is 2.26. The van der Waals surface area contributed by atoms with E-state index < -0.39 is 23.9 Å². The van der Waals surface area contributed by atoms with Gasteiger partial charge in [-0.15, -0.1) is 5.10 Å². The molecule has 1 amide bonds. The summed E-state index contributed by atoms with van der Waals surface area (Å²) in [5.74, 6) is -2.33. The van der Waals surface area contributed by atoms with Crippen LogP contribution >= 0.6 is 0 Å². The third-order valence-corrected chi connectivity index (χ3v) is 3.07. The van der Waals surface area contributed by atoms with Crippen molar-refractivity contribution in [2.24, 2.45) is 0 Å². The number of carbonyl (C=O) groups excluding carboxylic acids is 1. The summed E-state index contributed by atoms with van der Waals surface area (Å²) in [5.41, 5.74) is 1.51. The van der Waals surface area contributed by atoms with Crippen LogP contribution in [0.3, 0.4) is 0 Å². The molecule has 0 saturated heterocycles. The summed E-state index contributed by atoms with van der Waals surface area (Å²) in [6.45, 7) is 1.72. The molecule has 2 aromatic heterocycles. The molecule has 0 atom stereocenters. The zero-order chi connectivity index (χ0) is 16.6. The lowest BCUT2D eigenvalue weighted by Gasteiger charge is -2.07. The quantitative estimate of drug-likeness (QED) is 0.760. The van der Waals surface area contributed by atoms with E-state index in [-0.39, 0.29) is 5.56 Å². The van der Waals surface area contributed by atoms with E-state index in [2.05, 4.69) is 20.4 Å². The largest absolute Gasteiger partial charge is 0.451 e. The summed E-state index contributed by atoms with van der Waals surface area (Å²) in [5, 5.41) is 7.92. The average Bonchev–Trinajstić information content (AvgIpc) is 2.95. The van der Waals surface area contributed by atoms with Gasteiger partial charge >= 0.3 is 6.18 Å². The number of aryl methyl sites for hydroxylation is 1. The number of nitrogens with one attached hydrogen (secondary N) is 2. The lowest BCUT2D eigenvalue weighted by atomic mass is 10.1. The lowest BCUT2D eigenvalue weighted by molar-refractivity contribution is -0.144. The van der Waals surface area contributed by atoms with Crippen LogP contribution in [0.1, 0.15) is 21.9 Å². The molecular formula is C14H10F3N5O. The predicted molar refractivity (Wildman–Crippen MR) is 75.8 cm³/mol. The van der Waals surface area contributed by atoms with Crippen LogP contribution in [0.15, 0.2) is 30.3 Å². The van der Waals surface area contributed by atoms with Gasteiger partial charge in [-0.1, -0.05) is 18.2 Å². The summed E-state index contributed by atoms with van der Waals surface area (Å²) in [6.07, 6.45) is -4.66. The van der Waals surface area contributed by atoms with Gasteiger partial charge in [0, 0.05) is 11.1 Å². The molecule has 3 aromatic rings. The van der Waals surface area contributed by atoms with Gasteiger partial charge in [-0.25, -0.2) is 0 Å². The Morgan fingerprint density at radius 3 is 2.65 bits per heavy atom. The van der Waals surface area contributed by atoms with E-state index in [1.807, 2.05) is 0 Å². The number of hydrogen-bond donors (Lipinski definition) is 2. The van der Waals surface area contributed by atoms with Crippen LogP contribution in [0, 0.1) is 6.92 Å². The maximum atomic E-state index is 12.5. The number of alkyl halides is 3. The normalized spacial score (nSPS) is 11.7. The Labute approximate surface area is 127 Å². The predicted octanol–water partition coefficient (Wildman–Crippen LogP) is 2.93. The van der Waals surface area contributed by atoms with Gasteiger partial charge in [0.1, 0.15) is 0 Å². The monoisotopic (exact) mass is 321 g/mol. The highest BCUT2D eigenvalue weighted by molar-refractivity contribution is 6.11. The van der Waals surface area contributed by atoms with Gasteiger partial charge in [0.2, 0.25) is 11.8 Å². The van der Waals surface area contributed by atoms with Crippen LogP contribution in [0.2, 0.25) is 0 Å². The van der Waals surface area contributed by atoms with Crippen molar-refractivity contribution in [3.8, 4) is 0 Å². The number of pyridine rings is 1. The molecule has 0 radical (unpaired) electrons. The number of halogens is 3. The van der Waals surface area contributed by atoms with Crippen molar-refractivity contribution in [3.63, 3.8) is 0 Å². The zero-order valence-corrected chi connectivity index (χ0v) is 11.8. The standard InChI is InChI=1S/C14H10F3N5O/c1-7-6-9(8-4-2-3-5-10(8)18-7)11(23)19-13-20-12(21-22-13)14(15,16)17/h2-6H,1H3,(H2,19,20,21,22,23). The van der Waals surface area contributed by atoms with Crippen LogP contribution in [0.25, 0.3) is 10.9 Å². The first kappa shape index (κ1) is 14.9. The first-order valence-electron chi connectivity index (χ1n) is 6.52. The molecule has 0 saturated carbocycles. The van der Waals surface area contributed by atoms with E-state index in [1.165, 1.54) is 0 Å². The molecule has 0 bridgehead atoms. The smallest absolute Gasteiger partial charge is 0.289 e. The fourth-order valence-electron chi connectivity index (χ4n) is 2.11. The van der Waals surface area contributed by atoms with Gasteiger partial charge in [0.05, 0.1) is 11.1 Å². The van der Waals surface area contributed by atoms with E-state index in [0.29, 0.717) is 16.6 Å². The number of amides is 1. The van der Waals surface area contributed by atoms with E-state index >= 15 is 0 Å². The van der Waals surface area contributed by atoms with Gasteiger partial charge in [0.15, 0.2) is 0 Å². The van der Waals surface area contributed by atoms with Crippen molar-refractivity contribution < 1.29 is 18.0 Å². The number of benzene rings is 1. The number of anilines is 1. The number of aromatic nitrogens is 4. The molecule has 0 spiro atoms. The first-order chi connectivity index (χ1) is 10.8. The second kappa shape index (κ2) is 5.34. The number of nitrogens with zero attached hydrogens (tertiary/aromatic N) is 3. The van der Waals surface area contributed by atoms with Crippen molar-refractivity contribution >= 4 is 22.8 Å². The number of carbonyl (C=O) groups is 1. The highest BCUT2D eigenvalue weighted by atomic mass is 19.4. The number of H-pyrrole nitrogens is 1. The minimum Gasteiger partial charge on any atom is -0.289 e. The number of para-hydroxylation sites is 1. The number of hydrogen-bond acceptors (Lipinski definition) is 4. The summed E-state index contributed by atoms with van der Waals surface area (Å²) >= 11 is 0. The summed E-state index contributed by atoms with van der Waals surface area (Å²) in [7, 11) is 0. The van der Waals surface area contributed by atoms with Crippen molar-refractivity contribution in [2.75, 3.05) is 5.32 Å². The molecule has 3 rings (SSSR count). The number of fused-ring (bicyclic) bond motifs is 1. The third kappa shape index (κ3) is 2.98. The summed E-state index contributed by atoms with van der Waals surface area (Å²) < 4.78 is 37.4. The number of rotatable bonds is 2. The molecule has 9 heteroatoms. The Balaban J connectivity index is 1.94. The van der Waals surface area contributed by atoms with Crippen LogP contribution in [0.5, 0.6) is 0 Å². The van der Waals surface area contributed by atoms with Crippen LogP contribution < -0.4 is 5.32 Å². The molecule has 1 aromatic carbocycles. The van der Waals surface area contributed by atoms with Crippen molar-refractivity contribution in [1.82, 2.24) is 20.2 Å². The van der Waals surface area contributed by atoms with Gasteiger partial charge in [-0.2, -0.15) is 18.2 Å². The second-order valence-electron chi connectivity index (χ2n) is 4.79. The lowest BCUT2D eigenvalue weighted by Crippen LogP contribution is -2.14. The average molecular weight is 321 g/mol. The Morgan fingerprint density at radius 1 is 1.22 bits per heavy atom. The fraction of sp³-hybridized carbons (Fsp3) is 0.143. The molecule has 0 aliphatic heterocycles. The molecule has 118 valence electrons. The van der Waals surface area contributed by atoms with Crippen LogP contribution in [-0.2, 0) is 6.18 Å². The Hall–Kier alpha value is -2.97. The topological polar surface area (TPSA) is 83.6 Å². The third-order valence-electron chi connectivity index (χ3n) is 3.07. The molecular weight excluding hydrogens is 311 g/mol. The van der Waals surface area contributed by atoms with Gasteiger partial charge in [0.25, 0.3) is 5.91 Å². The Kier molecular flexibility index (Phi) is 3.47. The second-order valence-corrected chi connectivity index (χ2v) is 4.79. The maximum Gasteiger partial charge on any atom is 0.451 e. The Morgan fingerprint density at radius 2 is 1.96 bits per heavy atom. The van der Waals surface area contributed by atoms with Gasteiger partial charge in [-0.05, 0) is 19.1 Å². The highest BCUT2D eigenvalue weighted by Gasteiger charge is 2.35. The summed E-state index contributed by atoms with van der Waals surface area (Å²) in [6, 6.07) is 8.52. The molecule has 0 fully saturated rings. The van der Waals surface area contributed by atoms with Crippen molar-refractivity contribution in [3.05, 3.63) is 47.4 Å². The van der Waals surface area contributed by atoms with Crippen LogP contribution in [0.4, 0.5) is 19.1 Å². The minimum absolute atomic E-state index is 0.284. The van der Waals surface area contributed by atoms with E-state index in [1.54, 1.807) is 42.4 Å². The first-order valence-corrected chi connectivity index (χ1v) is 6.52. The van der Waals surface area contributed by atoms with Crippen molar-refractivity contribution in [2.45, 2.75) is 13.1 Å². The van der Waals surface area contributed by atoms with E-state index in [9.17, 15) is 18.0 Å². The maximum absolute atomic E-state index is 12.5. The molecule has 2 N–H and O–H groups in total.